The Bertz CT molecular complexity index is 560. The van der Waals surface area contributed by atoms with Gasteiger partial charge in [-0.1, -0.05) is 17.7 Å². The van der Waals surface area contributed by atoms with Crippen molar-refractivity contribution in [1.29, 1.82) is 0 Å². The van der Waals surface area contributed by atoms with Crippen molar-refractivity contribution in [3.63, 3.8) is 0 Å². The van der Waals surface area contributed by atoms with Crippen LogP contribution in [0, 0.1) is 12.7 Å². The quantitative estimate of drug-likeness (QED) is 0.677. The van der Waals surface area contributed by atoms with Crippen molar-refractivity contribution >= 4 is 15.9 Å². The van der Waals surface area contributed by atoms with E-state index in [0.29, 0.717) is 11.3 Å². The molecule has 0 amide bonds. The maximum atomic E-state index is 13.9. The fourth-order valence-corrected chi connectivity index (χ4v) is 2.29. The zero-order valence-corrected chi connectivity index (χ0v) is 11.4. The third-order valence-electron chi connectivity index (χ3n) is 2.69. The highest BCUT2D eigenvalue weighted by Crippen LogP contribution is 2.28. The second-order valence-corrected chi connectivity index (χ2v) is 4.85. The number of nitrogens with two attached hydrogens (primary N) is 1. The maximum Gasteiger partial charge on any atom is 0.128 e. The predicted octanol–water partition coefficient (Wildman–Crippen LogP) is 2.84. The van der Waals surface area contributed by atoms with Gasteiger partial charge in [0.25, 0.3) is 0 Å². The Labute approximate surface area is 113 Å². The van der Waals surface area contributed by atoms with Gasteiger partial charge in [0.1, 0.15) is 5.82 Å². The van der Waals surface area contributed by atoms with Crippen LogP contribution in [0.15, 0.2) is 41.0 Å². The molecule has 0 aliphatic carbocycles. The summed E-state index contributed by atoms with van der Waals surface area (Å²) < 4.78 is 14.7. The average molecular weight is 310 g/mol. The molecule has 5 heteroatoms. The van der Waals surface area contributed by atoms with Crippen molar-refractivity contribution in [3.8, 4) is 0 Å². The summed E-state index contributed by atoms with van der Waals surface area (Å²) >= 11 is 3.40. The summed E-state index contributed by atoms with van der Waals surface area (Å²) in [5.41, 5.74) is 4.72. The Balaban J connectivity index is 2.52. The molecule has 18 heavy (non-hydrogen) atoms. The average Bonchev–Trinajstić information content (AvgIpc) is 2.36. The van der Waals surface area contributed by atoms with E-state index in [9.17, 15) is 4.39 Å². The van der Waals surface area contributed by atoms with Crippen LogP contribution in [0.4, 0.5) is 4.39 Å². The van der Waals surface area contributed by atoms with Crippen molar-refractivity contribution in [3.05, 3.63) is 63.6 Å². The molecule has 0 fully saturated rings. The summed E-state index contributed by atoms with van der Waals surface area (Å²) in [6.45, 7) is 1.91. The molecule has 0 saturated carbocycles. The molecule has 0 aliphatic heterocycles. The number of rotatable bonds is 3. The molecule has 1 heterocycles. The van der Waals surface area contributed by atoms with Crippen molar-refractivity contribution in [2.24, 2.45) is 5.84 Å². The summed E-state index contributed by atoms with van der Waals surface area (Å²) in [5, 5.41) is 0. The Morgan fingerprint density at radius 3 is 2.83 bits per heavy atom. The highest BCUT2D eigenvalue weighted by Gasteiger charge is 2.20. The third kappa shape index (κ3) is 2.58. The van der Waals surface area contributed by atoms with Crippen molar-refractivity contribution < 1.29 is 4.39 Å². The Kier molecular flexibility index (Phi) is 4.06. The van der Waals surface area contributed by atoms with Crippen LogP contribution in [0.25, 0.3) is 0 Å². The minimum absolute atomic E-state index is 0.305. The molecule has 1 aromatic carbocycles. The van der Waals surface area contributed by atoms with E-state index in [0.717, 1.165) is 10.0 Å². The smallest absolute Gasteiger partial charge is 0.128 e. The fourth-order valence-electron chi connectivity index (χ4n) is 1.81. The van der Waals surface area contributed by atoms with Gasteiger partial charge in [0.15, 0.2) is 0 Å². The van der Waals surface area contributed by atoms with Gasteiger partial charge in [-0.15, -0.1) is 0 Å². The van der Waals surface area contributed by atoms with Gasteiger partial charge >= 0.3 is 0 Å². The number of aryl methyl sites for hydroxylation is 1. The topological polar surface area (TPSA) is 50.9 Å². The van der Waals surface area contributed by atoms with E-state index in [1.54, 1.807) is 24.4 Å². The molecule has 0 radical (unpaired) electrons. The number of benzene rings is 1. The number of hydrazine groups is 1. The number of hydrogen-bond donors (Lipinski definition) is 2. The van der Waals surface area contributed by atoms with Crippen LogP contribution in [-0.4, -0.2) is 4.98 Å². The lowest BCUT2D eigenvalue weighted by molar-refractivity contribution is 0.551. The monoisotopic (exact) mass is 309 g/mol. The number of nitrogens with one attached hydrogen (secondary N) is 1. The Hall–Kier alpha value is -1.30. The number of halogens is 2. The minimum atomic E-state index is -0.486. The van der Waals surface area contributed by atoms with E-state index < -0.39 is 6.04 Å². The fraction of sp³-hybridized carbons (Fsp3) is 0.154. The first-order valence-electron chi connectivity index (χ1n) is 5.46. The van der Waals surface area contributed by atoms with Crippen LogP contribution < -0.4 is 11.3 Å². The van der Waals surface area contributed by atoms with E-state index in [4.69, 9.17) is 5.84 Å². The van der Waals surface area contributed by atoms with E-state index in [1.807, 2.05) is 13.0 Å². The zero-order valence-electron chi connectivity index (χ0n) is 9.82. The van der Waals surface area contributed by atoms with E-state index in [2.05, 4.69) is 26.3 Å². The lowest BCUT2D eigenvalue weighted by Gasteiger charge is -2.18. The molecule has 1 unspecified atom stereocenters. The summed E-state index contributed by atoms with van der Waals surface area (Å²) in [4.78, 5) is 4.24. The van der Waals surface area contributed by atoms with Gasteiger partial charge in [0.2, 0.25) is 0 Å². The second-order valence-electron chi connectivity index (χ2n) is 4.00. The molecule has 2 rings (SSSR count). The lowest BCUT2D eigenvalue weighted by atomic mass is 10.0. The summed E-state index contributed by atoms with van der Waals surface area (Å²) in [6, 6.07) is 8.08. The van der Waals surface area contributed by atoms with Crippen molar-refractivity contribution in [2.45, 2.75) is 13.0 Å². The normalized spacial score (nSPS) is 12.4. The molecule has 3 N–H and O–H groups in total. The van der Waals surface area contributed by atoms with E-state index in [1.165, 1.54) is 6.07 Å². The molecule has 0 aliphatic rings. The van der Waals surface area contributed by atoms with Gasteiger partial charge in [0, 0.05) is 16.2 Å². The molecule has 2 aromatic rings. The molecule has 1 atom stereocenters. The molecule has 1 aromatic heterocycles. The highest BCUT2D eigenvalue weighted by molar-refractivity contribution is 9.10. The number of nitrogens with zero attached hydrogens (tertiary/aromatic N) is 1. The second kappa shape index (κ2) is 5.56. The third-order valence-corrected chi connectivity index (χ3v) is 3.36. The van der Waals surface area contributed by atoms with Crippen LogP contribution in [0.3, 0.4) is 0 Å². The van der Waals surface area contributed by atoms with Crippen LogP contribution in [-0.2, 0) is 0 Å². The van der Waals surface area contributed by atoms with Gasteiger partial charge in [-0.2, -0.15) is 0 Å². The number of pyridine rings is 1. The van der Waals surface area contributed by atoms with Gasteiger partial charge in [-0.3, -0.25) is 10.8 Å². The van der Waals surface area contributed by atoms with Crippen LogP contribution in [0.2, 0.25) is 0 Å². The summed E-state index contributed by atoms with van der Waals surface area (Å²) in [7, 11) is 0. The molecule has 3 nitrogen and oxygen atoms in total. The Morgan fingerprint density at radius 2 is 2.17 bits per heavy atom. The molecular formula is C13H13BrFN3. The van der Waals surface area contributed by atoms with Crippen molar-refractivity contribution in [2.75, 3.05) is 0 Å². The number of aromatic nitrogens is 1. The zero-order chi connectivity index (χ0) is 13.1. The standard InChI is InChI=1S/C13H13BrFN3/c1-8-4-5-11(15)9(7-8)12(18-16)13-10(14)3-2-6-17-13/h2-7,12,18H,16H2,1H3. The molecule has 0 bridgehead atoms. The SMILES string of the molecule is Cc1ccc(F)c(C(NN)c2ncccc2Br)c1. The number of hydrogen-bond acceptors (Lipinski definition) is 3. The van der Waals surface area contributed by atoms with Gasteiger partial charge in [-0.05, 0) is 41.1 Å². The van der Waals surface area contributed by atoms with E-state index >= 15 is 0 Å². The van der Waals surface area contributed by atoms with Crippen LogP contribution >= 0.6 is 15.9 Å². The highest BCUT2D eigenvalue weighted by atomic mass is 79.9. The van der Waals surface area contributed by atoms with Gasteiger partial charge in [-0.25, -0.2) is 9.82 Å². The first-order chi connectivity index (χ1) is 8.63. The van der Waals surface area contributed by atoms with Gasteiger partial charge in [0.05, 0.1) is 11.7 Å². The summed E-state index contributed by atoms with van der Waals surface area (Å²) in [5.74, 6) is 5.24. The van der Waals surface area contributed by atoms with Crippen LogP contribution in [0.1, 0.15) is 22.9 Å². The van der Waals surface area contributed by atoms with E-state index in [-0.39, 0.29) is 5.82 Å². The van der Waals surface area contributed by atoms with Crippen LogP contribution in [0.5, 0.6) is 0 Å². The molecule has 94 valence electrons. The predicted molar refractivity (Wildman–Crippen MR) is 72.2 cm³/mol. The molecule has 0 saturated heterocycles. The largest absolute Gasteiger partial charge is 0.271 e. The van der Waals surface area contributed by atoms with Crippen molar-refractivity contribution in [1.82, 2.24) is 10.4 Å². The van der Waals surface area contributed by atoms with Gasteiger partial charge < -0.3 is 0 Å². The first-order valence-corrected chi connectivity index (χ1v) is 6.25. The summed E-state index contributed by atoms with van der Waals surface area (Å²) in [6.07, 6.45) is 1.65. The molecular weight excluding hydrogens is 297 g/mol. The first kappa shape index (κ1) is 13.1. The Morgan fingerprint density at radius 1 is 1.39 bits per heavy atom. The maximum absolute atomic E-state index is 13.9. The molecule has 0 spiro atoms. The minimum Gasteiger partial charge on any atom is -0.271 e. The lowest BCUT2D eigenvalue weighted by Crippen LogP contribution is -2.30.